The SMILES string of the molecule is CCC(N)CNC(=O)c1csc(C)n1. The molecule has 0 bridgehead atoms. The van der Waals surface area contributed by atoms with Crippen LogP contribution in [0.4, 0.5) is 0 Å². The highest BCUT2D eigenvalue weighted by Gasteiger charge is 2.09. The van der Waals surface area contributed by atoms with Gasteiger partial charge in [-0.05, 0) is 13.3 Å². The average molecular weight is 213 g/mol. The second-order valence-electron chi connectivity index (χ2n) is 3.13. The molecule has 0 saturated heterocycles. The van der Waals surface area contributed by atoms with Gasteiger partial charge in [0.1, 0.15) is 5.69 Å². The van der Waals surface area contributed by atoms with Gasteiger partial charge in [0.05, 0.1) is 5.01 Å². The number of hydrogen-bond donors (Lipinski definition) is 2. The fourth-order valence-corrected chi connectivity index (χ4v) is 1.52. The second-order valence-corrected chi connectivity index (χ2v) is 4.19. The molecule has 0 spiro atoms. The number of carbonyl (C=O) groups excluding carboxylic acids is 1. The Labute approximate surface area is 87.5 Å². The third-order valence-corrected chi connectivity index (χ3v) is 2.67. The van der Waals surface area contributed by atoms with Gasteiger partial charge >= 0.3 is 0 Å². The van der Waals surface area contributed by atoms with Crippen LogP contribution < -0.4 is 11.1 Å². The van der Waals surface area contributed by atoms with Crippen molar-refractivity contribution < 1.29 is 4.79 Å². The van der Waals surface area contributed by atoms with E-state index in [2.05, 4.69) is 10.3 Å². The zero-order chi connectivity index (χ0) is 10.6. The fourth-order valence-electron chi connectivity index (χ4n) is 0.926. The molecule has 1 unspecified atom stereocenters. The molecule has 0 aliphatic rings. The van der Waals surface area contributed by atoms with Crippen LogP contribution in [-0.2, 0) is 0 Å². The van der Waals surface area contributed by atoms with Gasteiger partial charge in [0.25, 0.3) is 5.91 Å². The molecule has 3 N–H and O–H groups in total. The molecule has 0 aliphatic heterocycles. The van der Waals surface area contributed by atoms with Gasteiger partial charge in [-0.25, -0.2) is 4.98 Å². The number of nitrogens with two attached hydrogens (primary N) is 1. The van der Waals surface area contributed by atoms with Crippen LogP contribution in [0, 0.1) is 6.92 Å². The number of aromatic nitrogens is 1. The minimum absolute atomic E-state index is 0.0266. The topological polar surface area (TPSA) is 68.0 Å². The number of rotatable bonds is 4. The molecule has 0 fully saturated rings. The standard InChI is InChI=1S/C9H15N3OS/c1-3-7(10)4-11-9(13)8-5-14-6(2)12-8/h5,7H,3-4,10H2,1-2H3,(H,11,13). The maximum absolute atomic E-state index is 11.5. The van der Waals surface area contributed by atoms with Gasteiger partial charge in [-0.2, -0.15) is 0 Å². The monoisotopic (exact) mass is 213 g/mol. The summed E-state index contributed by atoms with van der Waals surface area (Å²) >= 11 is 1.47. The van der Waals surface area contributed by atoms with Crippen molar-refractivity contribution in [3.63, 3.8) is 0 Å². The number of thiazole rings is 1. The van der Waals surface area contributed by atoms with E-state index in [1.807, 2.05) is 13.8 Å². The minimum atomic E-state index is -0.141. The van der Waals surface area contributed by atoms with Crippen molar-refractivity contribution in [1.29, 1.82) is 0 Å². The van der Waals surface area contributed by atoms with E-state index in [0.29, 0.717) is 12.2 Å². The third kappa shape index (κ3) is 3.08. The van der Waals surface area contributed by atoms with Gasteiger partial charge in [0, 0.05) is 18.0 Å². The first-order chi connectivity index (χ1) is 6.63. The fraction of sp³-hybridized carbons (Fsp3) is 0.556. The van der Waals surface area contributed by atoms with Crippen LogP contribution in [0.15, 0.2) is 5.38 Å². The van der Waals surface area contributed by atoms with Crippen molar-refractivity contribution in [1.82, 2.24) is 10.3 Å². The Balaban J connectivity index is 2.43. The zero-order valence-corrected chi connectivity index (χ0v) is 9.23. The molecular weight excluding hydrogens is 198 g/mol. The van der Waals surface area contributed by atoms with E-state index in [1.165, 1.54) is 11.3 Å². The number of aryl methyl sites for hydroxylation is 1. The lowest BCUT2D eigenvalue weighted by atomic mass is 10.2. The summed E-state index contributed by atoms with van der Waals surface area (Å²) in [5, 5.41) is 5.39. The molecular formula is C9H15N3OS. The van der Waals surface area contributed by atoms with Crippen LogP contribution in [0.25, 0.3) is 0 Å². The van der Waals surface area contributed by atoms with Crippen LogP contribution >= 0.6 is 11.3 Å². The van der Waals surface area contributed by atoms with Crippen LogP contribution in [0.5, 0.6) is 0 Å². The molecule has 0 radical (unpaired) electrons. The van der Waals surface area contributed by atoms with Gasteiger partial charge in [-0.1, -0.05) is 6.92 Å². The Hall–Kier alpha value is -0.940. The molecule has 0 saturated carbocycles. The van der Waals surface area contributed by atoms with E-state index >= 15 is 0 Å². The quantitative estimate of drug-likeness (QED) is 0.781. The molecule has 5 heteroatoms. The molecule has 4 nitrogen and oxygen atoms in total. The normalized spacial score (nSPS) is 12.5. The van der Waals surface area contributed by atoms with Crippen molar-refractivity contribution in [3.8, 4) is 0 Å². The number of nitrogens with zero attached hydrogens (tertiary/aromatic N) is 1. The first-order valence-corrected chi connectivity index (χ1v) is 5.47. The minimum Gasteiger partial charge on any atom is -0.349 e. The van der Waals surface area contributed by atoms with Crippen molar-refractivity contribution in [2.45, 2.75) is 26.3 Å². The van der Waals surface area contributed by atoms with Gasteiger partial charge in [-0.15, -0.1) is 11.3 Å². The zero-order valence-electron chi connectivity index (χ0n) is 8.41. The van der Waals surface area contributed by atoms with E-state index < -0.39 is 0 Å². The molecule has 1 atom stereocenters. The largest absolute Gasteiger partial charge is 0.349 e. The van der Waals surface area contributed by atoms with Crippen molar-refractivity contribution >= 4 is 17.2 Å². The third-order valence-electron chi connectivity index (χ3n) is 1.90. The van der Waals surface area contributed by atoms with Gasteiger partial charge in [0.15, 0.2) is 0 Å². The molecule has 78 valence electrons. The Kier molecular flexibility index (Phi) is 4.03. The molecule has 1 rings (SSSR count). The lowest BCUT2D eigenvalue weighted by molar-refractivity contribution is 0.0946. The molecule has 1 aromatic rings. The highest BCUT2D eigenvalue weighted by Crippen LogP contribution is 2.07. The molecule has 0 aliphatic carbocycles. The van der Waals surface area contributed by atoms with Gasteiger partial charge in [-0.3, -0.25) is 4.79 Å². The number of hydrogen-bond acceptors (Lipinski definition) is 4. The molecule has 1 amide bonds. The van der Waals surface area contributed by atoms with E-state index in [-0.39, 0.29) is 11.9 Å². The Morgan fingerprint density at radius 2 is 2.50 bits per heavy atom. The molecule has 0 aromatic carbocycles. The maximum atomic E-state index is 11.5. The smallest absolute Gasteiger partial charge is 0.270 e. The molecule has 1 heterocycles. The summed E-state index contributed by atoms with van der Waals surface area (Å²) in [6, 6.07) is 0.0266. The van der Waals surface area contributed by atoms with Crippen LogP contribution in [0.2, 0.25) is 0 Å². The van der Waals surface area contributed by atoms with E-state index in [1.54, 1.807) is 5.38 Å². The van der Waals surface area contributed by atoms with Crippen LogP contribution in [-0.4, -0.2) is 23.5 Å². The number of amides is 1. The Bertz CT molecular complexity index is 311. The number of carbonyl (C=O) groups is 1. The molecule has 1 aromatic heterocycles. The predicted octanol–water partition coefficient (Wildman–Crippen LogP) is 0.919. The predicted molar refractivity (Wildman–Crippen MR) is 57.5 cm³/mol. The summed E-state index contributed by atoms with van der Waals surface area (Å²) in [5.74, 6) is -0.141. The average Bonchev–Trinajstić information content (AvgIpc) is 2.60. The maximum Gasteiger partial charge on any atom is 0.270 e. The summed E-state index contributed by atoms with van der Waals surface area (Å²) in [7, 11) is 0. The van der Waals surface area contributed by atoms with E-state index in [9.17, 15) is 4.79 Å². The highest BCUT2D eigenvalue weighted by atomic mass is 32.1. The number of nitrogens with one attached hydrogen (secondary N) is 1. The summed E-state index contributed by atoms with van der Waals surface area (Å²) < 4.78 is 0. The van der Waals surface area contributed by atoms with E-state index in [0.717, 1.165) is 11.4 Å². The van der Waals surface area contributed by atoms with Crippen molar-refractivity contribution in [2.75, 3.05) is 6.54 Å². The van der Waals surface area contributed by atoms with Crippen LogP contribution in [0.1, 0.15) is 28.8 Å². The summed E-state index contributed by atoms with van der Waals surface area (Å²) in [6.45, 7) is 4.37. The summed E-state index contributed by atoms with van der Waals surface area (Å²) in [4.78, 5) is 15.5. The van der Waals surface area contributed by atoms with Crippen molar-refractivity contribution in [3.05, 3.63) is 16.1 Å². The van der Waals surface area contributed by atoms with Crippen LogP contribution in [0.3, 0.4) is 0 Å². The lowest BCUT2D eigenvalue weighted by Crippen LogP contribution is -2.36. The van der Waals surface area contributed by atoms with Gasteiger partial charge < -0.3 is 11.1 Å². The summed E-state index contributed by atoms with van der Waals surface area (Å²) in [6.07, 6.45) is 0.858. The second kappa shape index (κ2) is 5.07. The Morgan fingerprint density at radius 1 is 1.79 bits per heavy atom. The highest BCUT2D eigenvalue weighted by molar-refractivity contribution is 7.09. The lowest BCUT2D eigenvalue weighted by Gasteiger charge is -2.08. The molecule has 14 heavy (non-hydrogen) atoms. The Morgan fingerprint density at radius 3 is 3.00 bits per heavy atom. The van der Waals surface area contributed by atoms with Crippen molar-refractivity contribution in [2.24, 2.45) is 5.73 Å². The first kappa shape index (κ1) is 11.1. The van der Waals surface area contributed by atoms with E-state index in [4.69, 9.17) is 5.73 Å². The van der Waals surface area contributed by atoms with Gasteiger partial charge in [0.2, 0.25) is 0 Å². The summed E-state index contributed by atoms with van der Waals surface area (Å²) in [5.41, 5.74) is 6.15. The first-order valence-electron chi connectivity index (χ1n) is 4.59.